The molecule has 0 aromatic heterocycles. The molecule has 0 unspecified atom stereocenters. The van der Waals surface area contributed by atoms with Gasteiger partial charge in [0.1, 0.15) is 0 Å². The molecule has 162 valence electrons. The zero-order chi connectivity index (χ0) is 21.8. The van der Waals surface area contributed by atoms with Gasteiger partial charge in [-0.25, -0.2) is 8.42 Å². The molecule has 31 heavy (non-hydrogen) atoms. The smallest absolute Gasteiger partial charge is 0.207 e. The molecule has 0 N–H and O–H groups in total. The summed E-state index contributed by atoms with van der Waals surface area (Å²) >= 11 is 0. The van der Waals surface area contributed by atoms with Crippen molar-refractivity contribution in [1.29, 1.82) is 0 Å². The van der Waals surface area contributed by atoms with E-state index in [9.17, 15) is 8.42 Å². The minimum atomic E-state index is -3.61. The lowest BCUT2D eigenvalue weighted by Gasteiger charge is -2.34. The number of allylic oxidation sites excluding steroid dienone is 2. The molecule has 1 saturated heterocycles. The van der Waals surface area contributed by atoms with E-state index in [1.165, 1.54) is 22.3 Å². The van der Waals surface area contributed by atoms with E-state index in [2.05, 4.69) is 44.2 Å². The summed E-state index contributed by atoms with van der Waals surface area (Å²) in [5.74, 6) is 0.453. The molecule has 0 spiro atoms. The van der Waals surface area contributed by atoms with Crippen LogP contribution in [0, 0.1) is 18.8 Å². The molecule has 4 heteroatoms. The second kappa shape index (κ2) is 7.75. The third-order valence-corrected chi connectivity index (χ3v) is 9.06. The van der Waals surface area contributed by atoms with Crippen LogP contribution in [0.2, 0.25) is 0 Å². The van der Waals surface area contributed by atoms with E-state index in [4.69, 9.17) is 0 Å². The highest BCUT2D eigenvalue weighted by molar-refractivity contribution is 7.89. The Balaban J connectivity index is 1.67. The van der Waals surface area contributed by atoms with Gasteiger partial charge in [0.05, 0.1) is 17.0 Å². The Labute approximate surface area is 186 Å². The third kappa shape index (κ3) is 3.15. The average Bonchev–Trinajstić information content (AvgIpc) is 3.28. The van der Waals surface area contributed by atoms with Gasteiger partial charge in [-0.15, -0.1) is 0 Å². The molecule has 0 radical (unpaired) electrons. The van der Waals surface area contributed by atoms with Gasteiger partial charge in [0.25, 0.3) is 0 Å². The number of rotatable bonds is 6. The molecule has 3 nitrogen and oxygen atoms in total. The molecule has 4 atom stereocenters. The number of hydrogen-bond acceptors (Lipinski definition) is 2. The molecular weight excluding hydrogens is 402 g/mol. The SMILES string of the molecule is CCCC1=C[C@@H]2[C@H](C(CCC)=C1)[C@H]1c3ccccc3[C@@H]2N1S(=O)(=O)c1ccc(C)cc1. The maximum Gasteiger partial charge on any atom is 0.244 e. The van der Waals surface area contributed by atoms with Crippen LogP contribution in [0.3, 0.4) is 0 Å². The molecule has 2 aromatic carbocycles. The van der Waals surface area contributed by atoms with E-state index in [0.29, 0.717) is 4.90 Å². The van der Waals surface area contributed by atoms with Crippen molar-refractivity contribution >= 4 is 10.0 Å². The minimum absolute atomic E-state index is 0.116. The fourth-order valence-electron chi connectivity index (χ4n) is 6.01. The van der Waals surface area contributed by atoms with Crippen LogP contribution >= 0.6 is 0 Å². The molecule has 2 aliphatic heterocycles. The van der Waals surface area contributed by atoms with E-state index >= 15 is 0 Å². The quantitative estimate of drug-likeness (QED) is 0.522. The first kappa shape index (κ1) is 20.7. The van der Waals surface area contributed by atoms with Crippen LogP contribution < -0.4 is 0 Å². The van der Waals surface area contributed by atoms with E-state index in [1.807, 2.05) is 29.4 Å². The molecule has 5 rings (SSSR count). The normalized spacial score (nSPS) is 26.9. The molecule has 1 aliphatic carbocycles. The highest BCUT2D eigenvalue weighted by atomic mass is 32.2. The van der Waals surface area contributed by atoms with Crippen LogP contribution in [0.5, 0.6) is 0 Å². The summed E-state index contributed by atoms with van der Waals surface area (Å²) in [5.41, 5.74) is 6.27. The molecule has 3 aliphatic rings. The number of benzene rings is 2. The molecule has 0 saturated carbocycles. The van der Waals surface area contributed by atoms with Gasteiger partial charge in [0.2, 0.25) is 10.0 Å². The maximum atomic E-state index is 14.0. The molecular formula is C27H31NO2S. The predicted molar refractivity (Wildman–Crippen MR) is 125 cm³/mol. The number of sulfonamides is 1. The third-order valence-electron chi connectivity index (χ3n) is 7.18. The zero-order valence-corrected chi connectivity index (χ0v) is 19.4. The zero-order valence-electron chi connectivity index (χ0n) is 18.6. The second-order valence-corrected chi connectivity index (χ2v) is 11.1. The van der Waals surface area contributed by atoms with Gasteiger partial charge >= 0.3 is 0 Å². The van der Waals surface area contributed by atoms with Gasteiger partial charge in [-0.2, -0.15) is 4.31 Å². The van der Waals surface area contributed by atoms with Crippen molar-refractivity contribution in [1.82, 2.24) is 4.31 Å². The van der Waals surface area contributed by atoms with Crippen molar-refractivity contribution < 1.29 is 8.42 Å². The van der Waals surface area contributed by atoms with Gasteiger partial charge in [-0.3, -0.25) is 0 Å². The molecule has 2 heterocycles. The largest absolute Gasteiger partial charge is 0.244 e. The second-order valence-electron chi connectivity index (χ2n) is 9.23. The van der Waals surface area contributed by atoms with Crippen molar-refractivity contribution in [2.45, 2.75) is 63.4 Å². The summed E-state index contributed by atoms with van der Waals surface area (Å²) in [5, 5.41) is 0. The summed E-state index contributed by atoms with van der Waals surface area (Å²) in [7, 11) is -3.61. The van der Waals surface area contributed by atoms with E-state index in [0.717, 1.165) is 31.2 Å². The van der Waals surface area contributed by atoms with Gasteiger partial charge in [-0.1, -0.05) is 91.9 Å². The van der Waals surface area contributed by atoms with Crippen LogP contribution in [-0.2, 0) is 10.0 Å². The summed E-state index contributed by atoms with van der Waals surface area (Å²) in [6, 6.07) is 15.5. The molecule has 2 bridgehead atoms. The fourth-order valence-corrected chi connectivity index (χ4v) is 7.83. The van der Waals surface area contributed by atoms with Crippen molar-refractivity contribution in [2.24, 2.45) is 11.8 Å². The van der Waals surface area contributed by atoms with E-state index in [-0.39, 0.29) is 23.9 Å². The average molecular weight is 434 g/mol. The van der Waals surface area contributed by atoms with E-state index in [1.54, 1.807) is 12.1 Å². The Morgan fingerprint density at radius 3 is 2.16 bits per heavy atom. The van der Waals surface area contributed by atoms with Gasteiger partial charge < -0.3 is 0 Å². The van der Waals surface area contributed by atoms with Crippen LogP contribution in [0.1, 0.15) is 68.3 Å². The number of aryl methyl sites for hydroxylation is 1. The summed E-state index contributed by atoms with van der Waals surface area (Å²) in [4.78, 5) is 0.401. The summed E-state index contributed by atoms with van der Waals surface area (Å²) < 4.78 is 29.8. The van der Waals surface area contributed by atoms with Crippen LogP contribution in [0.15, 0.2) is 76.7 Å². The highest BCUT2D eigenvalue weighted by Gasteiger charge is 2.60. The monoisotopic (exact) mass is 433 g/mol. The van der Waals surface area contributed by atoms with Gasteiger partial charge in [0.15, 0.2) is 0 Å². The Hall–Kier alpha value is -2.17. The van der Waals surface area contributed by atoms with Gasteiger partial charge in [-0.05, 0) is 43.0 Å². The summed E-state index contributed by atoms with van der Waals surface area (Å²) in [6.07, 6.45) is 9.05. The minimum Gasteiger partial charge on any atom is -0.207 e. The first-order valence-corrected chi connectivity index (χ1v) is 13.0. The molecule has 0 amide bonds. The molecule has 1 fully saturated rings. The van der Waals surface area contributed by atoms with Crippen molar-refractivity contribution in [3.05, 3.63) is 88.5 Å². The van der Waals surface area contributed by atoms with Crippen molar-refractivity contribution in [3.63, 3.8) is 0 Å². The predicted octanol–water partition coefficient (Wildman–Crippen LogP) is 6.49. The Morgan fingerprint density at radius 1 is 0.871 bits per heavy atom. The van der Waals surface area contributed by atoms with Gasteiger partial charge in [0, 0.05) is 11.8 Å². The van der Waals surface area contributed by atoms with Crippen molar-refractivity contribution in [2.75, 3.05) is 0 Å². The standard InChI is InChI=1S/C27H31NO2S/c1-4-8-19-16-20(9-5-2)25-24(17-19)26-22-10-6-7-11-23(22)27(25)28(26)31(29,30)21-14-12-18(3)13-15-21/h6-7,10-17,24-27H,4-5,8-9H2,1-3H3/t24-,25+,26+,27-/m1/s1. The lowest BCUT2D eigenvalue weighted by atomic mass is 9.68. The fraction of sp³-hybridized carbons (Fsp3) is 0.407. The number of nitrogens with zero attached hydrogens (tertiary/aromatic N) is 1. The van der Waals surface area contributed by atoms with E-state index < -0.39 is 10.0 Å². The highest BCUT2D eigenvalue weighted by Crippen LogP contribution is 2.64. The van der Waals surface area contributed by atoms with Crippen LogP contribution in [0.25, 0.3) is 0 Å². The lowest BCUT2D eigenvalue weighted by Crippen LogP contribution is -2.29. The Kier molecular flexibility index (Phi) is 5.18. The number of fused-ring (bicyclic) bond motifs is 8. The summed E-state index contributed by atoms with van der Waals surface area (Å²) in [6.45, 7) is 6.42. The lowest BCUT2D eigenvalue weighted by molar-refractivity contribution is 0.348. The van der Waals surface area contributed by atoms with Crippen LogP contribution in [0.4, 0.5) is 0 Å². The molecule has 2 aromatic rings. The Morgan fingerprint density at radius 2 is 1.52 bits per heavy atom. The first-order valence-electron chi connectivity index (χ1n) is 11.6. The number of hydrogen-bond donors (Lipinski definition) is 0. The van der Waals surface area contributed by atoms with Crippen LogP contribution in [-0.4, -0.2) is 12.7 Å². The Bertz CT molecular complexity index is 1160. The van der Waals surface area contributed by atoms with Crippen molar-refractivity contribution in [3.8, 4) is 0 Å². The maximum absolute atomic E-state index is 14.0. The first-order chi connectivity index (χ1) is 15.0. The topological polar surface area (TPSA) is 37.4 Å².